The van der Waals surface area contributed by atoms with Crippen LogP contribution in [0.1, 0.15) is 19.4 Å². The maximum absolute atomic E-state index is 12.5. The number of carbonyl (C=O) groups excluding carboxylic acids is 2. The number of amides is 2. The van der Waals surface area contributed by atoms with E-state index in [1.54, 1.807) is 62.4 Å². The smallest absolute Gasteiger partial charge is 0.313 e. The Morgan fingerprint density at radius 2 is 1.52 bits per heavy atom. The Bertz CT molecular complexity index is 941. The topological polar surface area (TPSA) is 95.6 Å². The van der Waals surface area contributed by atoms with Gasteiger partial charge >= 0.3 is 11.8 Å². The number of nitrogens with one attached hydrogen (secondary N) is 2. The lowest BCUT2D eigenvalue weighted by Gasteiger charge is -2.18. The number of rotatable bonds is 8. The molecule has 0 unspecified atom stereocenters. The highest BCUT2D eigenvalue weighted by atomic mass is 35.5. The van der Waals surface area contributed by atoms with Crippen LogP contribution in [-0.4, -0.2) is 44.2 Å². The molecule has 2 amide bonds. The fourth-order valence-corrected chi connectivity index (χ4v) is 4.25. The summed E-state index contributed by atoms with van der Waals surface area (Å²) in [5.74, 6) is -1.52. The van der Waals surface area contributed by atoms with Crippen LogP contribution in [0.4, 0.5) is 5.69 Å². The second-order valence-corrected chi connectivity index (χ2v) is 8.57. The Morgan fingerprint density at radius 3 is 2.07 bits per heavy atom. The molecule has 0 saturated carbocycles. The Balaban J connectivity index is 1.86. The number of hydrogen-bond donors (Lipinski definition) is 2. The molecule has 156 valence electrons. The van der Waals surface area contributed by atoms with E-state index in [-0.39, 0.29) is 11.4 Å². The first kappa shape index (κ1) is 22.9. The van der Waals surface area contributed by atoms with E-state index in [0.29, 0.717) is 30.2 Å². The largest absolute Gasteiger partial charge is 0.347 e. The van der Waals surface area contributed by atoms with Crippen LogP contribution >= 0.6 is 11.6 Å². The molecule has 0 aromatic heterocycles. The monoisotopic (exact) mass is 437 g/mol. The van der Waals surface area contributed by atoms with Crippen LogP contribution in [0.3, 0.4) is 0 Å². The maximum Gasteiger partial charge on any atom is 0.313 e. The van der Waals surface area contributed by atoms with Gasteiger partial charge in [0.15, 0.2) is 0 Å². The summed E-state index contributed by atoms with van der Waals surface area (Å²) >= 11 is 5.77. The molecule has 29 heavy (non-hydrogen) atoms. The summed E-state index contributed by atoms with van der Waals surface area (Å²) in [5, 5.41) is 5.55. The lowest BCUT2D eigenvalue weighted by atomic mass is 10.1. The quantitative estimate of drug-likeness (QED) is 0.620. The molecule has 0 fully saturated rings. The van der Waals surface area contributed by atoms with Crippen LogP contribution in [-0.2, 0) is 26.0 Å². The van der Waals surface area contributed by atoms with Crippen molar-refractivity contribution >= 4 is 39.1 Å². The molecule has 9 heteroatoms. The molecule has 2 N–H and O–H groups in total. The van der Waals surface area contributed by atoms with Gasteiger partial charge in [-0.25, -0.2) is 8.42 Å². The zero-order valence-corrected chi connectivity index (χ0v) is 17.9. The molecule has 2 aromatic carbocycles. The zero-order valence-electron chi connectivity index (χ0n) is 16.3. The fourth-order valence-electron chi connectivity index (χ4n) is 2.66. The van der Waals surface area contributed by atoms with Gasteiger partial charge < -0.3 is 10.6 Å². The highest BCUT2D eigenvalue weighted by molar-refractivity contribution is 7.89. The van der Waals surface area contributed by atoms with Crippen molar-refractivity contribution in [1.82, 2.24) is 9.62 Å². The summed E-state index contributed by atoms with van der Waals surface area (Å²) < 4.78 is 26.3. The van der Waals surface area contributed by atoms with Crippen molar-refractivity contribution in [1.29, 1.82) is 0 Å². The van der Waals surface area contributed by atoms with Gasteiger partial charge in [0.25, 0.3) is 0 Å². The highest BCUT2D eigenvalue weighted by Gasteiger charge is 2.21. The molecule has 0 radical (unpaired) electrons. The number of anilines is 1. The first-order valence-corrected chi connectivity index (χ1v) is 11.0. The van der Waals surface area contributed by atoms with Crippen LogP contribution in [0.2, 0.25) is 5.02 Å². The zero-order chi connectivity index (χ0) is 21.4. The van der Waals surface area contributed by atoms with Crippen LogP contribution in [0.25, 0.3) is 0 Å². The Morgan fingerprint density at radius 1 is 0.931 bits per heavy atom. The molecule has 7 nitrogen and oxygen atoms in total. The van der Waals surface area contributed by atoms with Gasteiger partial charge in [0.1, 0.15) is 0 Å². The van der Waals surface area contributed by atoms with Gasteiger partial charge in [-0.1, -0.05) is 37.6 Å². The molecule has 0 atom stereocenters. The van der Waals surface area contributed by atoms with Crippen molar-refractivity contribution < 1.29 is 18.0 Å². The van der Waals surface area contributed by atoms with Gasteiger partial charge in [0, 0.05) is 30.3 Å². The maximum atomic E-state index is 12.5. The Labute approximate surface area is 176 Å². The predicted molar refractivity (Wildman–Crippen MR) is 113 cm³/mol. The van der Waals surface area contributed by atoms with Gasteiger partial charge in [0.05, 0.1) is 4.90 Å². The lowest BCUT2D eigenvalue weighted by Crippen LogP contribution is -2.36. The second-order valence-electron chi connectivity index (χ2n) is 6.20. The average Bonchev–Trinajstić information content (AvgIpc) is 2.70. The number of sulfonamides is 1. The van der Waals surface area contributed by atoms with E-state index in [0.717, 1.165) is 5.56 Å². The third-order valence-corrected chi connectivity index (χ3v) is 6.59. The molecule has 0 heterocycles. The third kappa shape index (κ3) is 6.28. The number of halogens is 1. The highest BCUT2D eigenvalue weighted by Crippen LogP contribution is 2.16. The number of hydrogen-bond acceptors (Lipinski definition) is 4. The molecule has 2 aromatic rings. The van der Waals surface area contributed by atoms with Gasteiger partial charge in [0.2, 0.25) is 10.0 Å². The number of carbonyl (C=O) groups is 2. The van der Waals surface area contributed by atoms with Gasteiger partial charge in [-0.2, -0.15) is 4.31 Å². The van der Waals surface area contributed by atoms with E-state index in [1.807, 2.05) is 0 Å². The summed E-state index contributed by atoms with van der Waals surface area (Å²) in [4.78, 5) is 24.0. The van der Waals surface area contributed by atoms with Crippen LogP contribution in [0, 0.1) is 0 Å². The van der Waals surface area contributed by atoms with Crippen molar-refractivity contribution in [3.05, 3.63) is 59.1 Å². The van der Waals surface area contributed by atoms with E-state index < -0.39 is 21.8 Å². The lowest BCUT2D eigenvalue weighted by molar-refractivity contribution is -0.136. The number of benzene rings is 2. The van der Waals surface area contributed by atoms with Crippen molar-refractivity contribution in [2.45, 2.75) is 25.2 Å². The minimum atomic E-state index is -3.49. The van der Waals surface area contributed by atoms with E-state index in [4.69, 9.17) is 11.6 Å². The average molecular weight is 438 g/mol. The molecule has 0 bridgehead atoms. The van der Waals surface area contributed by atoms with Crippen molar-refractivity contribution in [3.63, 3.8) is 0 Å². The summed E-state index contributed by atoms with van der Waals surface area (Å²) in [6, 6.07) is 12.9. The normalized spacial score (nSPS) is 11.3. The van der Waals surface area contributed by atoms with Crippen molar-refractivity contribution in [3.8, 4) is 0 Å². The standard InChI is InChI=1S/C20H24ClN3O4S/c1-3-24(4-2)29(27,28)18-11-5-15(6-12-18)13-14-22-19(25)20(26)23-17-9-7-16(21)8-10-17/h5-12H,3-4,13-14H2,1-2H3,(H,22,25)(H,23,26). The second kappa shape index (κ2) is 10.4. The Hall–Kier alpha value is -2.42. The minimum Gasteiger partial charge on any atom is -0.347 e. The van der Waals surface area contributed by atoms with Crippen molar-refractivity contribution in [2.24, 2.45) is 0 Å². The number of nitrogens with zero attached hydrogens (tertiary/aromatic N) is 1. The molecule has 0 saturated heterocycles. The predicted octanol–water partition coefficient (Wildman–Crippen LogP) is 2.67. The SMILES string of the molecule is CCN(CC)S(=O)(=O)c1ccc(CCNC(=O)C(=O)Nc2ccc(Cl)cc2)cc1. The van der Waals surface area contributed by atoms with E-state index in [9.17, 15) is 18.0 Å². The minimum absolute atomic E-state index is 0.233. The van der Waals surface area contributed by atoms with Crippen molar-refractivity contribution in [2.75, 3.05) is 25.0 Å². The first-order valence-electron chi connectivity index (χ1n) is 9.21. The summed E-state index contributed by atoms with van der Waals surface area (Å²) in [6.45, 7) is 4.65. The molecule has 0 aliphatic carbocycles. The fraction of sp³-hybridized carbons (Fsp3) is 0.300. The van der Waals surface area contributed by atoms with E-state index in [1.165, 1.54) is 4.31 Å². The molecule has 0 aliphatic rings. The van der Waals surface area contributed by atoms with Crippen LogP contribution in [0.15, 0.2) is 53.4 Å². The first-order chi connectivity index (χ1) is 13.8. The summed E-state index contributed by atoms with van der Waals surface area (Å²) in [7, 11) is -3.49. The molecule has 0 aliphatic heterocycles. The van der Waals surface area contributed by atoms with Gasteiger partial charge in [-0.05, 0) is 48.4 Å². The summed E-state index contributed by atoms with van der Waals surface area (Å²) in [5.41, 5.74) is 1.32. The molecular formula is C20H24ClN3O4S. The van der Waals surface area contributed by atoms with Crippen LogP contribution in [0.5, 0.6) is 0 Å². The third-order valence-electron chi connectivity index (χ3n) is 4.27. The molecular weight excluding hydrogens is 414 g/mol. The van der Waals surface area contributed by atoms with E-state index in [2.05, 4.69) is 10.6 Å². The molecule has 0 spiro atoms. The summed E-state index contributed by atoms with van der Waals surface area (Å²) in [6.07, 6.45) is 0.464. The van der Waals surface area contributed by atoms with E-state index >= 15 is 0 Å². The van der Waals surface area contributed by atoms with Gasteiger partial charge in [-0.15, -0.1) is 0 Å². The Kier molecular flexibility index (Phi) is 8.19. The van der Waals surface area contributed by atoms with Gasteiger partial charge in [-0.3, -0.25) is 9.59 Å². The van der Waals surface area contributed by atoms with Crippen LogP contribution < -0.4 is 10.6 Å². The molecule has 2 rings (SSSR count).